The monoisotopic (exact) mass is 458 g/mol. The van der Waals surface area contributed by atoms with Gasteiger partial charge in [-0.3, -0.25) is 4.79 Å². The summed E-state index contributed by atoms with van der Waals surface area (Å²) >= 11 is 0. The van der Waals surface area contributed by atoms with Crippen molar-refractivity contribution in [3.63, 3.8) is 0 Å². The highest BCUT2D eigenvalue weighted by Gasteiger charge is 2.14. The predicted octanol–water partition coefficient (Wildman–Crippen LogP) is 6.96. The van der Waals surface area contributed by atoms with Crippen molar-refractivity contribution in [1.82, 2.24) is 5.43 Å². The third kappa shape index (κ3) is 7.55. The zero-order valence-electron chi connectivity index (χ0n) is 20.2. The Kier molecular flexibility index (Phi) is 9.83. The molecule has 0 aliphatic heterocycles. The molecular weight excluding hydrogens is 424 g/mol. The number of amides is 1. The van der Waals surface area contributed by atoms with Gasteiger partial charge in [0.25, 0.3) is 0 Å². The molecule has 0 saturated carbocycles. The van der Waals surface area contributed by atoms with Crippen molar-refractivity contribution in [2.75, 3.05) is 0 Å². The lowest BCUT2D eigenvalue weighted by atomic mass is 10.0. The zero-order chi connectivity index (χ0) is 24.2. The van der Waals surface area contributed by atoms with Crippen LogP contribution in [0.3, 0.4) is 0 Å². The molecule has 0 atom stereocenters. The van der Waals surface area contributed by atoms with E-state index in [-0.39, 0.29) is 5.91 Å². The van der Waals surface area contributed by atoms with Gasteiger partial charge < -0.3 is 4.74 Å². The van der Waals surface area contributed by atoms with Gasteiger partial charge >= 0.3 is 5.97 Å². The Bertz CT molecular complexity index is 1140. The fourth-order valence-corrected chi connectivity index (χ4v) is 3.90. The minimum Gasteiger partial charge on any atom is -0.422 e. The summed E-state index contributed by atoms with van der Waals surface area (Å²) in [5.41, 5.74) is 4.74. The molecule has 0 saturated heterocycles. The number of hydrogen-bond donors (Lipinski definition) is 1. The number of nitrogens with zero attached hydrogens (tertiary/aromatic N) is 1. The van der Waals surface area contributed by atoms with Crippen LogP contribution in [0.4, 0.5) is 0 Å². The van der Waals surface area contributed by atoms with Crippen molar-refractivity contribution in [2.24, 2.45) is 5.10 Å². The van der Waals surface area contributed by atoms with Crippen LogP contribution in [0.25, 0.3) is 10.8 Å². The van der Waals surface area contributed by atoms with Gasteiger partial charge in [-0.2, -0.15) is 5.10 Å². The van der Waals surface area contributed by atoms with E-state index in [1.54, 1.807) is 24.4 Å². The lowest BCUT2D eigenvalue weighted by molar-refractivity contribution is -0.121. The maximum atomic E-state index is 12.7. The van der Waals surface area contributed by atoms with Gasteiger partial charge in [0.2, 0.25) is 5.91 Å². The van der Waals surface area contributed by atoms with E-state index in [0.717, 1.165) is 29.2 Å². The Morgan fingerprint density at radius 1 is 0.912 bits per heavy atom. The molecule has 0 heterocycles. The molecule has 0 unspecified atom stereocenters. The lowest BCUT2D eigenvalue weighted by Crippen LogP contribution is -2.17. The number of ether oxygens (including phenoxy) is 1. The number of aryl methyl sites for hydroxylation is 1. The molecule has 3 aromatic carbocycles. The van der Waals surface area contributed by atoms with Crippen LogP contribution in [0.5, 0.6) is 5.75 Å². The Hall–Kier alpha value is -3.47. The van der Waals surface area contributed by atoms with E-state index in [4.69, 9.17) is 4.74 Å². The average Bonchev–Trinajstić information content (AvgIpc) is 2.84. The van der Waals surface area contributed by atoms with Crippen molar-refractivity contribution in [2.45, 2.75) is 65.2 Å². The fraction of sp³-hybridized carbons (Fsp3) is 0.345. The van der Waals surface area contributed by atoms with Crippen LogP contribution < -0.4 is 10.2 Å². The van der Waals surface area contributed by atoms with Crippen LogP contribution in [0.1, 0.15) is 79.8 Å². The predicted molar refractivity (Wildman–Crippen MR) is 138 cm³/mol. The molecule has 0 fully saturated rings. The van der Waals surface area contributed by atoms with Gasteiger partial charge in [-0.25, -0.2) is 10.2 Å². The van der Waals surface area contributed by atoms with Gasteiger partial charge in [0.05, 0.1) is 11.8 Å². The summed E-state index contributed by atoms with van der Waals surface area (Å²) in [6.07, 6.45) is 10.1. The smallest absolute Gasteiger partial charge is 0.343 e. The average molecular weight is 459 g/mol. The van der Waals surface area contributed by atoms with Gasteiger partial charge in [-0.15, -0.1) is 0 Å². The van der Waals surface area contributed by atoms with E-state index in [0.29, 0.717) is 23.3 Å². The molecule has 1 N–H and O–H groups in total. The van der Waals surface area contributed by atoms with E-state index in [1.165, 1.54) is 32.1 Å². The second-order valence-corrected chi connectivity index (χ2v) is 8.62. The Morgan fingerprint density at radius 2 is 1.68 bits per heavy atom. The molecule has 5 nitrogen and oxygen atoms in total. The van der Waals surface area contributed by atoms with E-state index in [9.17, 15) is 9.59 Å². The molecule has 5 heteroatoms. The van der Waals surface area contributed by atoms with Crippen LogP contribution in [-0.2, 0) is 4.79 Å². The van der Waals surface area contributed by atoms with Gasteiger partial charge in [0, 0.05) is 12.0 Å². The van der Waals surface area contributed by atoms with Crippen LogP contribution in [-0.4, -0.2) is 18.1 Å². The van der Waals surface area contributed by atoms with Crippen LogP contribution in [0, 0.1) is 6.92 Å². The molecule has 0 aliphatic rings. The number of nitrogens with one attached hydrogen (secondary N) is 1. The van der Waals surface area contributed by atoms with E-state index < -0.39 is 5.97 Å². The maximum Gasteiger partial charge on any atom is 0.343 e. The molecule has 3 rings (SSSR count). The standard InChI is InChI=1S/C29H34N2O3/c1-3-4-5-6-7-8-9-17-28(32)31-30-21-26-25-16-11-10-14-23(25)18-19-27(26)34-29(33)24-15-12-13-22(2)20-24/h10-16,18-21H,3-9,17H2,1-2H3,(H,31,32)/b30-21-. The Labute approximate surface area is 202 Å². The van der Waals surface area contributed by atoms with Gasteiger partial charge in [0.1, 0.15) is 5.75 Å². The van der Waals surface area contributed by atoms with Crippen LogP contribution >= 0.6 is 0 Å². The number of hydrazone groups is 1. The zero-order valence-corrected chi connectivity index (χ0v) is 20.2. The topological polar surface area (TPSA) is 67.8 Å². The van der Waals surface area contributed by atoms with Crippen molar-refractivity contribution in [3.8, 4) is 5.75 Å². The lowest BCUT2D eigenvalue weighted by Gasteiger charge is -2.11. The van der Waals surface area contributed by atoms with Crippen LogP contribution in [0.15, 0.2) is 65.8 Å². The minimum absolute atomic E-state index is 0.108. The highest BCUT2D eigenvalue weighted by molar-refractivity contribution is 6.04. The van der Waals surface area contributed by atoms with E-state index in [1.807, 2.05) is 49.4 Å². The summed E-state index contributed by atoms with van der Waals surface area (Å²) in [6, 6.07) is 18.8. The first kappa shape index (κ1) is 25.2. The quantitative estimate of drug-likeness (QED) is 0.105. The van der Waals surface area contributed by atoms with E-state index >= 15 is 0 Å². The fourth-order valence-electron chi connectivity index (χ4n) is 3.90. The number of carbonyl (C=O) groups excluding carboxylic acids is 2. The molecule has 34 heavy (non-hydrogen) atoms. The van der Waals surface area contributed by atoms with Crippen molar-refractivity contribution in [1.29, 1.82) is 0 Å². The number of fused-ring (bicyclic) bond motifs is 1. The number of benzene rings is 3. The molecule has 0 radical (unpaired) electrons. The van der Waals surface area contributed by atoms with Gasteiger partial charge in [0.15, 0.2) is 0 Å². The summed E-state index contributed by atoms with van der Waals surface area (Å²) in [5, 5.41) is 6.06. The number of rotatable bonds is 12. The summed E-state index contributed by atoms with van der Waals surface area (Å²) < 4.78 is 5.73. The maximum absolute atomic E-state index is 12.7. The van der Waals surface area contributed by atoms with Crippen molar-refractivity contribution >= 4 is 28.9 Å². The summed E-state index contributed by atoms with van der Waals surface area (Å²) in [5.74, 6) is -0.143. The molecule has 0 aliphatic carbocycles. The number of esters is 1. The molecule has 0 bridgehead atoms. The Balaban J connectivity index is 1.65. The second-order valence-electron chi connectivity index (χ2n) is 8.62. The second kappa shape index (κ2) is 13.3. The summed E-state index contributed by atoms with van der Waals surface area (Å²) in [4.78, 5) is 24.9. The summed E-state index contributed by atoms with van der Waals surface area (Å²) in [6.45, 7) is 4.14. The minimum atomic E-state index is -0.434. The molecular formula is C29H34N2O3. The van der Waals surface area contributed by atoms with Crippen molar-refractivity contribution in [3.05, 3.63) is 77.4 Å². The van der Waals surface area contributed by atoms with Gasteiger partial charge in [-0.05, 0) is 42.3 Å². The van der Waals surface area contributed by atoms with Crippen LogP contribution in [0.2, 0.25) is 0 Å². The highest BCUT2D eigenvalue weighted by atomic mass is 16.5. The van der Waals surface area contributed by atoms with Crippen molar-refractivity contribution < 1.29 is 14.3 Å². The number of hydrogen-bond acceptors (Lipinski definition) is 4. The number of carbonyl (C=O) groups is 2. The third-order valence-electron chi connectivity index (χ3n) is 5.78. The molecule has 0 aromatic heterocycles. The normalized spacial score (nSPS) is 11.1. The molecule has 0 spiro atoms. The van der Waals surface area contributed by atoms with Gasteiger partial charge in [-0.1, -0.05) is 93.5 Å². The SMILES string of the molecule is CCCCCCCCCC(=O)N/N=C\c1c(OC(=O)c2cccc(C)c2)ccc2ccccc12. The molecule has 178 valence electrons. The highest BCUT2D eigenvalue weighted by Crippen LogP contribution is 2.27. The first-order valence-corrected chi connectivity index (χ1v) is 12.2. The summed E-state index contributed by atoms with van der Waals surface area (Å²) in [7, 11) is 0. The molecule has 3 aromatic rings. The third-order valence-corrected chi connectivity index (χ3v) is 5.78. The van der Waals surface area contributed by atoms with E-state index in [2.05, 4.69) is 17.5 Å². The number of unbranched alkanes of at least 4 members (excludes halogenated alkanes) is 6. The first-order valence-electron chi connectivity index (χ1n) is 12.2. The molecule has 1 amide bonds. The first-order chi connectivity index (χ1) is 16.6. The Morgan fingerprint density at radius 3 is 2.47 bits per heavy atom. The largest absolute Gasteiger partial charge is 0.422 e.